The van der Waals surface area contributed by atoms with Crippen molar-refractivity contribution in [3.8, 4) is 0 Å². The Morgan fingerprint density at radius 3 is 3.15 bits per heavy atom. The fourth-order valence-corrected chi connectivity index (χ4v) is 2.85. The molecule has 0 aromatic carbocycles. The van der Waals surface area contributed by atoms with Crippen LogP contribution in [-0.4, -0.2) is 39.3 Å². The Labute approximate surface area is 118 Å². The Hall–Kier alpha value is -1.88. The lowest BCUT2D eigenvalue weighted by Crippen LogP contribution is -2.45. The number of fused-ring (bicyclic) bond motifs is 1. The van der Waals surface area contributed by atoms with Gasteiger partial charge in [-0.1, -0.05) is 0 Å². The van der Waals surface area contributed by atoms with E-state index in [9.17, 15) is 4.79 Å². The van der Waals surface area contributed by atoms with E-state index in [1.807, 2.05) is 40.8 Å². The molecule has 1 aliphatic rings. The van der Waals surface area contributed by atoms with Gasteiger partial charge in [0.2, 0.25) is 0 Å². The summed E-state index contributed by atoms with van der Waals surface area (Å²) in [6.45, 7) is 3.61. The molecular weight excluding hydrogens is 252 g/mol. The molecule has 1 fully saturated rings. The molecule has 2 unspecified atom stereocenters. The molecule has 3 heterocycles. The second kappa shape index (κ2) is 5.25. The summed E-state index contributed by atoms with van der Waals surface area (Å²) >= 11 is 0. The number of aromatic nitrogens is 2. The third-order valence-electron chi connectivity index (χ3n) is 4.12. The molecule has 3 rings (SSSR count). The highest BCUT2D eigenvalue weighted by atomic mass is 16.2. The average molecular weight is 272 g/mol. The second-order valence-electron chi connectivity index (χ2n) is 5.62. The maximum atomic E-state index is 12.6. The fraction of sp³-hybridized carbons (Fsp3) is 0.467. The van der Waals surface area contributed by atoms with E-state index < -0.39 is 0 Å². The average Bonchev–Trinajstić information content (AvgIpc) is 2.94. The van der Waals surface area contributed by atoms with Crippen molar-refractivity contribution < 1.29 is 4.79 Å². The molecule has 5 nitrogen and oxygen atoms in total. The topological polar surface area (TPSA) is 63.6 Å². The minimum absolute atomic E-state index is 0.0888. The normalized spacial score (nSPS) is 21.1. The summed E-state index contributed by atoms with van der Waals surface area (Å²) in [5.74, 6) is 0.496. The van der Waals surface area contributed by atoms with Crippen LogP contribution < -0.4 is 5.73 Å². The van der Waals surface area contributed by atoms with E-state index in [0.717, 1.165) is 31.6 Å². The molecule has 106 valence electrons. The van der Waals surface area contributed by atoms with Crippen LogP contribution in [0.4, 0.5) is 0 Å². The zero-order valence-corrected chi connectivity index (χ0v) is 11.7. The van der Waals surface area contributed by atoms with E-state index in [1.165, 1.54) is 0 Å². The second-order valence-corrected chi connectivity index (χ2v) is 5.62. The first-order valence-electron chi connectivity index (χ1n) is 7.13. The van der Waals surface area contributed by atoms with Gasteiger partial charge in [-0.3, -0.25) is 4.79 Å². The number of hydrogen-bond acceptors (Lipinski definition) is 3. The van der Waals surface area contributed by atoms with Gasteiger partial charge in [-0.05, 0) is 37.8 Å². The number of piperidine rings is 1. The summed E-state index contributed by atoms with van der Waals surface area (Å²) in [6, 6.07) is 3.86. The van der Waals surface area contributed by atoms with Gasteiger partial charge in [-0.15, -0.1) is 0 Å². The summed E-state index contributed by atoms with van der Waals surface area (Å²) in [5.41, 5.74) is 7.54. The highest BCUT2D eigenvalue weighted by Crippen LogP contribution is 2.20. The minimum atomic E-state index is 0.0888. The number of rotatable bonds is 2. The molecule has 2 N–H and O–H groups in total. The van der Waals surface area contributed by atoms with Crippen LogP contribution in [0.1, 0.15) is 30.1 Å². The summed E-state index contributed by atoms with van der Waals surface area (Å²) < 4.78 is 1.88. The Kier molecular flexibility index (Phi) is 3.44. The highest BCUT2D eigenvalue weighted by molar-refractivity contribution is 5.94. The highest BCUT2D eigenvalue weighted by Gasteiger charge is 2.26. The Bertz CT molecular complexity index is 619. The Morgan fingerprint density at radius 2 is 2.35 bits per heavy atom. The first-order valence-corrected chi connectivity index (χ1v) is 7.13. The maximum absolute atomic E-state index is 12.6. The molecule has 2 atom stereocenters. The number of likely N-dealkylation sites (tertiary alicyclic amines) is 1. The van der Waals surface area contributed by atoms with Crippen LogP contribution in [-0.2, 0) is 0 Å². The van der Waals surface area contributed by atoms with Crippen LogP contribution in [0.5, 0.6) is 0 Å². The predicted octanol–water partition coefficient (Wildman–Crippen LogP) is 1.53. The Balaban J connectivity index is 1.80. The molecule has 0 spiro atoms. The first-order chi connectivity index (χ1) is 9.65. The van der Waals surface area contributed by atoms with Gasteiger partial charge in [-0.25, -0.2) is 4.98 Å². The number of nitrogens with zero attached hydrogens (tertiary/aromatic N) is 3. The van der Waals surface area contributed by atoms with Crippen LogP contribution in [0.25, 0.3) is 5.65 Å². The van der Waals surface area contributed by atoms with Gasteiger partial charge in [0.15, 0.2) is 0 Å². The van der Waals surface area contributed by atoms with Gasteiger partial charge < -0.3 is 15.0 Å². The first kappa shape index (κ1) is 13.1. The number of carbonyl (C=O) groups excluding carboxylic acids is 1. The number of carbonyl (C=O) groups is 1. The molecule has 2 aromatic rings. The van der Waals surface area contributed by atoms with Gasteiger partial charge in [0.1, 0.15) is 5.65 Å². The van der Waals surface area contributed by atoms with E-state index in [0.29, 0.717) is 11.5 Å². The summed E-state index contributed by atoms with van der Waals surface area (Å²) in [7, 11) is 0. The monoisotopic (exact) mass is 272 g/mol. The maximum Gasteiger partial charge on any atom is 0.255 e. The minimum Gasteiger partial charge on any atom is -0.338 e. The number of nitrogens with two attached hydrogens (primary N) is 1. The number of imidazole rings is 1. The van der Waals surface area contributed by atoms with E-state index in [-0.39, 0.29) is 11.9 Å². The summed E-state index contributed by atoms with van der Waals surface area (Å²) in [4.78, 5) is 18.7. The van der Waals surface area contributed by atoms with Crippen molar-refractivity contribution in [1.29, 1.82) is 0 Å². The van der Waals surface area contributed by atoms with Gasteiger partial charge in [0.25, 0.3) is 5.91 Å². The predicted molar refractivity (Wildman–Crippen MR) is 77.5 cm³/mol. The third-order valence-corrected chi connectivity index (χ3v) is 4.12. The van der Waals surface area contributed by atoms with E-state index in [4.69, 9.17) is 5.73 Å². The zero-order chi connectivity index (χ0) is 14.1. The lowest BCUT2D eigenvalue weighted by Gasteiger charge is -2.34. The number of amides is 1. The molecule has 2 aromatic heterocycles. The van der Waals surface area contributed by atoms with Gasteiger partial charge in [-0.2, -0.15) is 0 Å². The molecule has 20 heavy (non-hydrogen) atoms. The van der Waals surface area contributed by atoms with E-state index in [2.05, 4.69) is 4.98 Å². The molecule has 0 aliphatic carbocycles. The van der Waals surface area contributed by atoms with Crippen molar-refractivity contribution in [2.75, 3.05) is 13.1 Å². The quantitative estimate of drug-likeness (QED) is 0.902. The van der Waals surface area contributed by atoms with Crippen LogP contribution >= 0.6 is 0 Å². The molecule has 1 saturated heterocycles. The molecule has 0 bridgehead atoms. The van der Waals surface area contributed by atoms with E-state index in [1.54, 1.807) is 6.20 Å². The lowest BCUT2D eigenvalue weighted by atomic mass is 9.92. The SMILES string of the molecule is CC(N)C1CCCN(C(=O)c2ccc3nccn3c2)C1. The van der Waals surface area contributed by atoms with Crippen LogP contribution in [0.15, 0.2) is 30.7 Å². The molecule has 0 radical (unpaired) electrons. The van der Waals surface area contributed by atoms with Crippen molar-refractivity contribution in [2.24, 2.45) is 11.7 Å². The zero-order valence-electron chi connectivity index (χ0n) is 11.7. The molecule has 0 saturated carbocycles. The molecule has 1 amide bonds. The van der Waals surface area contributed by atoms with Crippen LogP contribution in [0.2, 0.25) is 0 Å². The number of hydrogen-bond donors (Lipinski definition) is 1. The molecule has 5 heteroatoms. The van der Waals surface area contributed by atoms with Crippen molar-refractivity contribution >= 4 is 11.6 Å². The van der Waals surface area contributed by atoms with Crippen molar-refractivity contribution in [1.82, 2.24) is 14.3 Å². The Morgan fingerprint density at radius 1 is 1.50 bits per heavy atom. The smallest absolute Gasteiger partial charge is 0.255 e. The third kappa shape index (κ3) is 2.41. The number of pyridine rings is 1. The van der Waals surface area contributed by atoms with Gasteiger partial charge in [0, 0.05) is 37.7 Å². The summed E-state index contributed by atoms with van der Waals surface area (Å²) in [6.07, 6.45) is 7.58. The van der Waals surface area contributed by atoms with Crippen LogP contribution in [0.3, 0.4) is 0 Å². The largest absolute Gasteiger partial charge is 0.338 e. The van der Waals surface area contributed by atoms with E-state index >= 15 is 0 Å². The van der Waals surface area contributed by atoms with Gasteiger partial charge >= 0.3 is 0 Å². The standard InChI is InChI=1S/C15H20N4O/c1-11(16)12-3-2-7-19(9-12)15(20)13-4-5-14-17-6-8-18(14)10-13/h4-6,8,10-12H,2-3,7,9,16H2,1H3. The van der Waals surface area contributed by atoms with Crippen molar-refractivity contribution in [3.05, 3.63) is 36.3 Å². The molecule has 1 aliphatic heterocycles. The summed E-state index contributed by atoms with van der Waals surface area (Å²) in [5, 5.41) is 0. The van der Waals surface area contributed by atoms with Crippen molar-refractivity contribution in [2.45, 2.75) is 25.8 Å². The lowest BCUT2D eigenvalue weighted by molar-refractivity contribution is 0.0660. The van der Waals surface area contributed by atoms with Crippen molar-refractivity contribution in [3.63, 3.8) is 0 Å². The molecular formula is C15H20N4O. The van der Waals surface area contributed by atoms with Crippen LogP contribution in [0, 0.1) is 5.92 Å². The fourth-order valence-electron chi connectivity index (χ4n) is 2.85. The van der Waals surface area contributed by atoms with Gasteiger partial charge in [0.05, 0.1) is 5.56 Å².